The molecule has 0 saturated heterocycles. The third-order valence-electron chi connectivity index (χ3n) is 2.93. The largest absolute Gasteiger partial charge is 0.416 e. The molecule has 1 rings (SSSR count). The van der Waals surface area contributed by atoms with E-state index in [1.807, 2.05) is 0 Å². The van der Waals surface area contributed by atoms with Gasteiger partial charge in [0.25, 0.3) is 0 Å². The van der Waals surface area contributed by atoms with Crippen LogP contribution in [0.15, 0.2) is 24.3 Å². The monoisotopic (exact) mass is 259 g/mol. The Balaban J connectivity index is 2.83. The van der Waals surface area contributed by atoms with Gasteiger partial charge in [-0.05, 0) is 18.6 Å². The Hall–Kier alpha value is -1.36. The molecular formula is C13H16F3NO. The Morgan fingerprint density at radius 2 is 1.94 bits per heavy atom. The van der Waals surface area contributed by atoms with Gasteiger partial charge in [-0.25, -0.2) is 0 Å². The van der Waals surface area contributed by atoms with Gasteiger partial charge in [0.15, 0.2) is 0 Å². The van der Waals surface area contributed by atoms with Crippen LogP contribution < -0.4 is 5.73 Å². The number of ketones is 1. The Bertz CT molecular complexity index is 426. The van der Waals surface area contributed by atoms with Crippen molar-refractivity contribution in [1.82, 2.24) is 0 Å². The smallest absolute Gasteiger partial charge is 0.327 e. The number of carbonyl (C=O) groups excluding carboxylic acids is 1. The van der Waals surface area contributed by atoms with Gasteiger partial charge < -0.3 is 5.73 Å². The number of hydrogen-bond acceptors (Lipinski definition) is 2. The summed E-state index contributed by atoms with van der Waals surface area (Å²) in [4.78, 5) is 11.8. The molecule has 0 amide bonds. The second-order valence-corrected chi connectivity index (χ2v) is 4.49. The van der Waals surface area contributed by atoms with E-state index in [2.05, 4.69) is 0 Å². The van der Waals surface area contributed by atoms with Crippen LogP contribution in [0.25, 0.3) is 0 Å². The fourth-order valence-electron chi connectivity index (χ4n) is 1.51. The number of rotatable bonds is 4. The van der Waals surface area contributed by atoms with Crippen LogP contribution in [0.3, 0.4) is 0 Å². The van der Waals surface area contributed by atoms with E-state index in [-0.39, 0.29) is 24.2 Å². The SMILES string of the molecule is CC(N)C(C)C(=O)Cc1cccc(C(F)(F)F)c1. The molecule has 18 heavy (non-hydrogen) atoms. The molecule has 100 valence electrons. The Morgan fingerprint density at radius 1 is 1.33 bits per heavy atom. The number of hydrogen-bond donors (Lipinski definition) is 1. The zero-order valence-electron chi connectivity index (χ0n) is 10.3. The fourth-order valence-corrected chi connectivity index (χ4v) is 1.51. The average molecular weight is 259 g/mol. The van der Waals surface area contributed by atoms with Crippen molar-refractivity contribution < 1.29 is 18.0 Å². The molecule has 0 aliphatic carbocycles. The second kappa shape index (κ2) is 5.52. The van der Waals surface area contributed by atoms with E-state index in [1.54, 1.807) is 13.8 Å². The van der Waals surface area contributed by atoms with Crippen LogP contribution in [0, 0.1) is 5.92 Å². The highest BCUT2D eigenvalue weighted by molar-refractivity contribution is 5.83. The summed E-state index contributed by atoms with van der Waals surface area (Å²) in [5.41, 5.74) is 5.22. The van der Waals surface area contributed by atoms with E-state index in [4.69, 9.17) is 5.73 Å². The molecule has 5 heteroatoms. The number of benzene rings is 1. The van der Waals surface area contributed by atoms with Gasteiger partial charge >= 0.3 is 6.18 Å². The molecule has 2 N–H and O–H groups in total. The topological polar surface area (TPSA) is 43.1 Å². The maximum atomic E-state index is 12.5. The molecule has 1 aromatic rings. The first-order valence-electron chi connectivity index (χ1n) is 5.66. The van der Waals surface area contributed by atoms with Crippen molar-refractivity contribution in [3.63, 3.8) is 0 Å². The van der Waals surface area contributed by atoms with E-state index in [9.17, 15) is 18.0 Å². The molecule has 0 heterocycles. The van der Waals surface area contributed by atoms with E-state index in [1.165, 1.54) is 12.1 Å². The van der Waals surface area contributed by atoms with Gasteiger partial charge in [0.05, 0.1) is 5.56 Å². The minimum Gasteiger partial charge on any atom is -0.327 e. The van der Waals surface area contributed by atoms with Gasteiger partial charge in [-0.15, -0.1) is 0 Å². The minimum absolute atomic E-state index is 0.0212. The van der Waals surface area contributed by atoms with Crippen LogP contribution in [-0.4, -0.2) is 11.8 Å². The molecule has 2 atom stereocenters. The molecule has 0 saturated carbocycles. The van der Waals surface area contributed by atoms with E-state index < -0.39 is 11.7 Å². The van der Waals surface area contributed by atoms with Crippen molar-refractivity contribution >= 4 is 5.78 Å². The maximum Gasteiger partial charge on any atom is 0.416 e. The summed E-state index contributed by atoms with van der Waals surface area (Å²) in [7, 11) is 0. The van der Waals surface area contributed by atoms with Gasteiger partial charge in [-0.1, -0.05) is 25.1 Å². The molecule has 0 radical (unpaired) electrons. The normalized spacial score (nSPS) is 15.2. The molecule has 0 fully saturated rings. The second-order valence-electron chi connectivity index (χ2n) is 4.49. The van der Waals surface area contributed by atoms with Crippen LogP contribution in [0.2, 0.25) is 0 Å². The van der Waals surface area contributed by atoms with Gasteiger partial charge in [0, 0.05) is 18.4 Å². The molecule has 1 aromatic carbocycles. The lowest BCUT2D eigenvalue weighted by molar-refractivity contribution is -0.137. The predicted octanol–water partition coefficient (Wildman–Crippen LogP) is 2.80. The van der Waals surface area contributed by atoms with Crippen LogP contribution >= 0.6 is 0 Å². The molecule has 0 bridgehead atoms. The minimum atomic E-state index is -4.38. The van der Waals surface area contributed by atoms with Crippen molar-refractivity contribution in [3.05, 3.63) is 35.4 Å². The summed E-state index contributed by atoms with van der Waals surface area (Å²) in [6, 6.07) is 4.51. The summed E-state index contributed by atoms with van der Waals surface area (Å²) >= 11 is 0. The third kappa shape index (κ3) is 3.84. The summed E-state index contributed by atoms with van der Waals surface area (Å²) in [5, 5.41) is 0. The Kier molecular flexibility index (Phi) is 4.51. The first-order chi connectivity index (χ1) is 8.21. The van der Waals surface area contributed by atoms with E-state index in [0.29, 0.717) is 5.56 Å². The summed E-state index contributed by atoms with van der Waals surface area (Å²) < 4.78 is 37.5. The number of halogens is 3. The first kappa shape index (κ1) is 14.7. The van der Waals surface area contributed by atoms with Gasteiger partial charge in [0.1, 0.15) is 5.78 Å². The lowest BCUT2D eigenvalue weighted by atomic mass is 9.94. The average Bonchev–Trinajstić information content (AvgIpc) is 2.27. The fraction of sp³-hybridized carbons (Fsp3) is 0.462. The lowest BCUT2D eigenvalue weighted by Gasteiger charge is -2.14. The van der Waals surface area contributed by atoms with Gasteiger partial charge in [-0.2, -0.15) is 13.2 Å². The van der Waals surface area contributed by atoms with Crippen molar-refractivity contribution in [2.24, 2.45) is 11.7 Å². The maximum absolute atomic E-state index is 12.5. The van der Waals surface area contributed by atoms with Crippen molar-refractivity contribution in [1.29, 1.82) is 0 Å². The molecule has 0 aromatic heterocycles. The van der Waals surface area contributed by atoms with E-state index >= 15 is 0 Å². The molecule has 2 nitrogen and oxygen atoms in total. The summed E-state index contributed by atoms with van der Waals surface area (Å²) in [6.07, 6.45) is -4.40. The zero-order chi connectivity index (χ0) is 13.9. The summed E-state index contributed by atoms with van der Waals surface area (Å²) in [6.45, 7) is 3.38. The first-order valence-corrected chi connectivity index (χ1v) is 5.66. The highest BCUT2D eigenvalue weighted by Crippen LogP contribution is 2.29. The zero-order valence-corrected chi connectivity index (χ0v) is 10.3. The Labute approximate surface area is 104 Å². The van der Waals surface area contributed by atoms with Crippen LogP contribution in [-0.2, 0) is 17.4 Å². The highest BCUT2D eigenvalue weighted by Gasteiger charge is 2.30. The molecular weight excluding hydrogens is 243 g/mol. The molecule has 0 aliphatic heterocycles. The van der Waals surface area contributed by atoms with Crippen LogP contribution in [0.1, 0.15) is 25.0 Å². The third-order valence-corrected chi connectivity index (χ3v) is 2.93. The van der Waals surface area contributed by atoms with Crippen LogP contribution in [0.5, 0.6) is 0 Å². The molecule has 0 aliphatic rings. The number of carbonyl (C=O) groups is 1. The Morgan fingerprint density at radius 3 is 2.44 bits per heavy atom. The molecule has 0 spiro atoms. The quantitative estimate of drug-likeness (QED) is 0.903. The predicted molar refractivity (Wildman–Crippen MR) is 63.0 cm³/mol. The lowest BCUT2D eigenvalue weighted by Crippen LogP contribution is -2.31. The van der Waals surface area contributed by atoms with Crippen molar-refractivity contribution in [2.75, 3.05) is 0 Å². The van der Waals surface area contributed by atoms with Crippen LogP contribution in [0.4, 0.5) is 13.2 Å². The van der Waals surface area contributed by atoms with E-state index in [0.717, 1.165) is 12.1 Å². The van der Waals surface area contributed by atoms with Crippen molar-refractivity contribution in [2.45, 2.75) is 32.5 Å². The standard InChI is InChI=1S/C13H16F3NO/c1-8(9(2)17)12(18)7-10-4-3-5-11(6-10)13(14,15)16/h3-6,8-9H,7,17H2,1-2H3. The van der Waals surface area contributed by atoms with Crippen molar-refractivity contribution in [3.8, 4) is 0 Å². The number of Topliss-reactive ketones (excluding diaryl/α,β-unsaturated/α-hetero) is 1. The number of nitrogens with two attached hydrogens (primary N) is 1. The highest BCUT2D eigenvalue weighted by atomic mass is 19.4. The molecule has 2 unspecified atom stereocenters. The number of alkyl halides is 3. The van der Waals surface area contributed by atoms with Gasteiger partial charge in [0.2, 0.25) is 0 Å². The summed E-state index contributed by atoms with van der Waals surface area (Å²) in [5.74, 6) is -0.510. The van der Waals surface area contributed by atoms with Gasteiger partial charge in [-0.3, -0.25) is 4.79 Å².